The van der Waals surface area contributed by atoms with Gasteiger partial charge in [-0.05, 0) is 49.2 Å². The Morgan fingerprint density at radius 3 is 2.43 bits per heavy atom. The first-order valence-electron chi connectivity index (χ1n) is 11.7. The molecule has 0 bridgehead atoms. The quantitative estimate of drug-likeness (QED) is 0.384. The van der Waals surface area contributed by atoms with Crippen LogP contribution in [-0.4, -0.2) is 21.4 Å². The summed E-state index contributed by atoms with van der Waals surface area (Å²) in [6.45, 7) is 5.59. The van der Waals surface area contributed by atoms with Gasteiger partial charge in [0.05, 0.1) is 16.7 Å². The first-order valence-corrected chi connectivity index (χ1v) is 11.7. The van der Waals surface area contributed by atoms with Crippen LogP contribution in [0.2, 0.25) is 0 Å². The van der Waals surface area contributed by atoms with E-state index in [4.69, 9.17) is 0 Å². The fourth-order valence-electron chi connectivity index (χ4n) is 4.11. The van der Waals surface area contributed by atoms with Crippen molar-refractivity contribution in [2.24, 2.45) is 0 Å². The third-order valence-electron chi connectivity index (χ3n) is 5.86. The number of hydrogen-bond donors (Lipinski definition) is 2. The number of nitrogens with one attached hydrogen (secondary N) is 2. The second-order valence-corrected chi connectivity index (χ2v) is 8.35. The third kappa shape index (κ3) is 4.99. The average molecular weight is 469 g/mol. The number of benzene rings is 3. The van der Waals surface area contributed by atoms with Gasteiger partial charge in [0.25, 0.3) is 5.56 Å². The number of amides is 2. The Kier molecular flexibility index (Phi) is 7.06. The minimum Gasteiger partial charge on any atom is -0.325 e. The highest BCUT2D eigenvalue weighted by atomic mass is 16.2. The van der Waals surface area contributed by atoms with Gasteiger partial charge in [0.1, 0.15) is 11.7 Å². The van der Waals surface area contributed by atoms with Gasteiger partial charge in [-0.2, -0.15) is 0 Å². The van der Waals surface area contributed by atoms with Gasteiger partial charge in [-0.1, -0.05) is 56.3 Å². The minimum absolute atomic E-state index is 0.164. The molecule has 178 valence electrons. The molecule has 0 saturated carbocycles. The van der Waals surface area contributed by atoms with E-state index in [9.17, 15) is 14.4 Å². The third-order valence-corrected chi connectivity index (χ3v) is 5.86. The molecule has 1 aromatic heterocycles. The van der Waals surface area contributed by atoms with Crippen molar-refractivity contribution in [3.8, 4) is 11.3 Å². The van der Waals surface area contributed by atoms with Gasteiger partial charge in [0.2, 0.25) is 11.8 Å². The van der Waals surface area contributed by atoms with Crippen molar-refractivity contribution in [3.63, 3.8) is 0 Å². The Labute approximate surface area is 203 Å². The molecule has 4 aromatic rings. The molecule has 0 fully saturated rings. The molecule has 7 heteroatoms. The van der Waals surface area contributed by atoms with E-state index < -0.39 is 11.6 Å². The summed E-state index contributed by atoms with van der Waals surface area (Å²) in [6.07, 6.45) is 0.708. The van der Waals surface area contributed by atoms with Crippen LogP contribution in [0.3, 0.4) is 0 Å². The van der Waals surface area contributed by atoms with Crippen LogP contribution in [0.5, 0.6) is 0 Å². The molecule has 0 aliphatic heterocycles. The minimum atomic E-state index is -0.757. The number of nitrogens with zero attached hydrogens (tertiary/aromatic N) is 2. The Bertz CT molecular complexity index is 1460. The molecule has 0 saturated heterocycles. The summed E-state index contributed by atoms with van der Waals surface area (Å²) in [5.74, 6) is -0.447. The van der Waals surface area contributed by atoms with Gasteiger partial charge < -0.3 is 10.6 Å². The number of carbonyl (C=O) groups is 2. The van der Waals surface area contributed by atoms with E-state index in [1.807, 2.05) is 56.3 Å². The predicted octanol–water partition coefficient (Wildman–Crippen LogP) is 5.31. The number of aromatic nitrogens is 2. The standard InChI is InChI=1S/C28H28N4O3/c1-4-23(27(34)29-19-12-10-11-18(3)17-19)32-24-16-9-8-15-22(24)31-26(28(32)35)20-13-6-7-14-21(20)30-25(33)5-2/h6-17,23H,4-5H2,1-3H3,(H,29,34)(H,30,33)/t23-/m1/s1. The zero-order valence-electron chi connectivity index (χ0n) is 20.0. The van der Waals surface area contributed by atoms with Crippen molar-refractivity contribution in [1.29, 1.82) is 0 Å². The zero-order valence-corrected chi connectivity index (χ0v) is 20.0. The number of aryl methyl sites for hydroxylation is 1. The first-order chi connectivity index (χ1) is 16.9. The summed E-state index contributed by atoms with van der Waals surface area (Å²) < 4.78 is 1.52. The highest BCUT2D eigenvalue weighted by Crippen LogP contribution is 2.27. The molecule has 2 N–H and O–H groups in total. The monoisotopic (exact) mass is 468 g/mol. The second kappa shape index (κ2) is 10.3. The smallest absolute Gasteiger partial charge is 0.278 e. The highest BCUT2D eigenvalue weighted by Gasteiger charge is 2.25. The molecule has 0 spiro atoms. The summed E-state index contributed by atoms with van der Waals surface area (Å²) in [5, 5.41) is 5.80. The van der Waals surface area contributed by atoms with Gasteiger partial charge in [0, 0.05) is 17.7 Å². The molecule has 0 aliphatic carbocycles. The molecular formula is C28H28N4O3. The molecular weight excluding hydrogens is 440 g/mol. The van der Waals surface area contributed by atoms with E-state index >= 15 is 0 Å². The first kappa shape index (κ1) is 23.9. The van der Waals surface area contributed by atoms with Gasteiger partial charge in [-0.3, -0.25) is 19.0 Å². The van der Waals surface area contributed by atoms with E-state index in [-0.39, 0.29) is 17.5 Å². The predicted molar refractivity (Wildman–Crippen MR) is 139 cm³/mol. The maximum Gasteiger partial charge on any atom is 0.278 e. The molecule has 7 nitrogen and oxygen atoms in total. The summed E-state index contributed by atoms with van der Waals surface area (Å²) in [7, 11) is 0. The maximum absolute atomic E-state index is 13.9. The molecule has 2 amide bonds. The Balaban J connectivity index is 1.87. The average Bonchev–Trinajstić information content (AvgIpc) is 2.86. The van der Waals surface area contributed by atoms with E-state index in [1.54, 1.807) is 37.3 Å². The molecule has 35 heavy (non-hydrogen) atoms. The van der Waals surface area contributed by atoms with Crippen LogP contribution in [0.1, 0.15) is 38.3 Å². The van der Waals surface area contributed by atoms with Crippen LogP contribution >= 0.6 is 0 Å². The normalized spacial score (nSPS) is 11.7. The van der Waals surface area contributed by atoms with Crippen LogP contribution in [0.15, 0.2) is 77.6 Å². The fourth-order valence-corrected chi connectivity index (χ4v) is 4.11. The summed E-state index contributed by atoms with van der Waals surface area (Å²) >= 11 is 0. The van der Waals surface area contributed by atoms with Crippen molar-refractivity contribution in [1.82, 2.24) is 9.55 Å². The van der Waals surface area contributed by atoms with Crippen LogP contribution in [0.25, 0.3) is 22.3 Å². The second-order valence-electron chi connectivity index (χ2n) is 8.35. The van der Waals surface area contributed by atoms with Crippen molar-refractivity contribution < 1.29 is 9.59 Å². The molecule has 4 rings (SSSR count). The van der Waals surface area contributed by atoms with Gasteiger partial charge >= 0.3 is 0 Å². The molecule has 1 heterocycles. The fraction of sp³-hybridized carbons (Fsp3) is 0.214. The maximum atomic E-state index is 13.9. The Hall–Kier alpha value is -4.26. The Morgan fingerprint density at radius 1 is 0.943 bits per heavy atom. The number of anilines is 2. The molecule has 0 aliphatic rings. The van der Waals surface area contributed by atoms with Gasteiger partial charge in [0.15, 0.2) is 0 Å². The summed E-state index contributed by atoms with van der Waals surface area (Å²) in [4.78, 5) is 44.1. The molecule has 3 aromatic carbocycles. The lowest BCUT2D eigenvalue weighted by Gasteiger charge is -2.21. The number of fused-ring (bicyclic) bond motifs is 1. The van der Waals surface area contributed by atoms with Crippen molar-refractivity contribution in [2.45, 2.75) is 39.7 Å². The SMILES string of the molecule is CCC(=O)Nc1ccccc1-c1nc2ccccc2n([C@H](CC)C(=O)Nc2cccc(C)c2)c1=O. The zero-order chi connectivity index (χ0) is 24.9. The van der Waals surface area contributed by atoms with Gasteiger partial charge in [-0.25, -0.2) is 4.98 Å². The van der Waals surface area contributed by atoms with E-state index in [0.717, 1.165) is 5.56 Å². The molecule has 0 unspecified atom stereocenters. The van der Waals surface area contributed by atoms with Crippen LogP contribution < -0.4 is 16.2 Å². The number of para-hydroxylation sites is 3. The number of rotatable bonds is 7. The highest BCUT2D eigenvalue weighted by molar-refractivity contribution is 5.96. The number of carbonyl (C=O) groups excluding carboxylic acids is 2. The van der Waals surface area contributed by atoms with Crippen LogP contribution in [0.4, 0.5) is 11.4 Å². The largest absolute Gasteiger partial charge is 0.325 e. The molecule has 1 atom stereocenters. The topological polar surface area (TPSA) is 93.1 Å². The van der Waals surface area contributed by atoms with E-state index in [1.165, 1.54) is 4.57 Å². The van der Waals surface area contributed by atoms with E-state index in [2.05, 4.69) is 15.6 Å². The summed E-state index contributed by atoms with van der Waals surface area (Å²) in [6, 6.07) is 21.1. The van der Waals surface area contributed by atoms with Crippen LogP contribution in [0, 0.1) is 6.92 Å². The molecule has 0 radical (unpaired) electrons. The van der Waals surface area contributed by atoms with Crippen molar-refractivity contribution >= 4 is 34.2 Å². The summed E-state index contributed by atoms with van der Waals surface area (Å²) in [5.41, 5.74) is 3.65. The lowest BCUT2D eigenvalue weighted by molar-refractivity contribution is -0.119. The van der Waals surface area contributed by atoms with Crippen molar-refractivity contribution in [2.75, 3.05) is 10.6 Å². The Morgan fingerprint density at radius 2 is 1.69 bits per heavy atom. The van der Waals surface area contributed by atoms with Crippen molar-refractivity contribution in [3.05, 3.63) is 88.7 Å². The van der Waals surface area contributed by atoms with Gasteiger partial charge in [-0.15, -0.1) is 0 Å². The van der Waals surface area contributed by atoms with Crippen LogP contribution in [-0.2, 0) is 9.59 Å². The van der Waals surface area contributed by atoms with E-state index in [0.29, 0.717) is 40.8 Å². The lowest BCUT2D eigenvalue weighted by atomic mass is 10.1. The number of hydrogen-bond acceptors (Lipinski definition) is 4. The lowest BCUT2D eigenvalue weighted by Crippen LogP contribution is -2.34.